The lowest BCUT2D eigenvalue weighted by atomic mass is 9.98. The molecule has 0 atom stereocenters. The molecular formula is C9H17NO. The molecule has 1 fully saturated rings. The maximum absolute atomic E-state index is 5.33. The Balaban J connectivity index is 2.19. The minimum atomic E-state index is 0.402. The molecule has 0 aromatic carbocycles. The summed E-state index contributed by atoms with van der Waals surface area (Å²) in [6.45, 7) is 3.92. The van der Waals surface area contributed by atoms with E-state index in [1.807, 2.05) is 13.8 Å². The van der Waals surface area contributed by atoms with Crippen molar-refractivity contribution in [3.63, 3.8) is 0 Å². The zero-order valence-electron chi connectivity index (χ0n) is 7.47. The van der Waals surface area contributed by atoms with Gasteiger partial charge >= 0.3 is 0 Å². The van der Waals surface area contributed by atoms with Crippen LogP contribution in [0.15, 0.2) is 5.16 Å². The highest BCUT2D eigenvalue weighted by Gasteiger charge is 2.13. The predicted molar refractivity (Wildman–Crippen MR) is 46.7 cm³/mol. The maximum Gasteiger partial charge on any atom is 0.127 e. The maximum atomic E-state index is 5.33. The van der Waals surface area contributed by atoms with Gasteiger partial charge in [0, 0.05) is 0 Å². The lowest BCUT2D eigenvalue weighted by Gasteiger charge is -2.19. The van der Waals surface area contributed by atoms with Crippen molar-refractivity contribution < 1.29 is 4.84 Å². The summed E-state index contributed by atoms with van der Waals surface area (Å²) in [6, 6.07) is 0. The number of hydrogen-bond acceptors (Lipinski definition) is 2. The summed E-state index contributed by atoms with van der Waals surface area (Å²) in [5.74, 6) is 0. The largest absolute Gasteiger partial charge is 0.393 e. The zero-order valence-corrected chi connectivity index (χ0v) is 7.47. The lowest BCUT2D eigenvalue weighted by molar-refractivity contribution is 0.0327. The molecule has 0 heterocycles. The molecule has 0 aliphatic heterocycles. The SMILES string of the molecule is CC(C)=NOC1CCCCC1. The Labute approximate surface area is 68.6 Å². The number of nitrogens with zero attached hydrogens (tertiary/aromatic N) is 1. The monoisotopic (exact) mass is 155 g/mol. The van der Waals surface area contributed by atoms with Gasteiger partial charge in [0.15, 0.2) is 0 Å². The van der Waals surface area contributed by atoms with E-state index >= 15 is 0 Å². The van der Waals surface area contributed by atoms with E-state index < -0.39 is 0 Å². The first-order valence-electron chi connectivity index (χ1n) is 4.46. The third-order valence-corrected chi connectivity index (χ3v) is 1.94. The van der Waals surface area contributed by atoms with Crippen molar-refractivity contribution in [2.24, 2.45) is 5.16 Å². The Morgan fingerprint density at radius 3 is 2.36 bits per heavy atom. The molecule has 64 valence electrons. The lowest BCUT2D eigenvalue weighted by Crippen LogP contribution is -2.14. The van der Waals surface area contributed by atoms with Gasteiger partial charge in [-0.15, -0.1) is 0 Å². The molecule has 0 bridgehead atoms. The van der Waals surface area contributed by atoms with Gasteiger partial charge in [0.2, 0.25) is 0 Å². The summed E-state index contributed by atoms with van der Waals surface area (Å²) in [6.07, 6.45) is 6.77. The highest BCUT2D eigenvalue weighted by Crippen LogP contribution is 2.20. The van der Waals surface area contributed by atoms with Crippen LogP contribution in [0.1, 0.15) is 46.0 Å². The molecule has 0 aromatic rings. The van der Waals surface area contributed by atoms with Crippen LogP contribution in [0.25, 0.3) is 0 Å². The summed E-state index contributed by atoms with van der Waals surface area (Å²) in [4.78, 5) is 5.33. The minimum absolute atomic E-state index is 0.402. The molecule has 2 nitrogen and oxygen atoms in total. The van der Waals surface area contributed by atoms with Gasteiger partial charge in [0.1, 0.15) is 6.10 Å². The van der Waals surface area contributed by atoms with Gasteiger partial charge in [0.25, 0.3) is 0 Å². The van der Waals surface area contributed by atoms with Crippen LogP contribution in [0.4, 0.5) is 0 Å². The van der Waals surface area contributed by atoms with Crippen LogP contribution in [-0.2, 0) is 4.84 Å². The van der Waals surface area contributed by atoms with Crippen molar-refractivity contribution in [2.75, 3.05) is 0 Å². The molecular weight excluding hydrogens is 138 g/mol. The third kappa shape index (κ3) is 3.40. The molecule has 2 heteroatoms. The van der Waals surface area contributed by atoms with E-state index in [1.165, 1.54) is 32.1 Å². The number of rotatable bonds is 2. The topological polar surface area (TPSA) is 21.6 Å². The Morgan fingerprint density at radius 1 is 1.18 bits per heavy atom. The van der Waals surface area contributed by atoms with E-state index in [9.17, 15) is 0 Å². The van der Waals surface area contributed by atoms with Crippen LogP contribution in [0.5, 0.6) is 0 Å². The van der Waals surface area contributed by atoms with Crippen molar-refractivity contribution >= 4 is 5.71 Å². The van der Waals surface area contributed by atoms with Crippen molar-refractivity contribution in [1.82, 2.24) is 0 Å². The minimum Gasteiger partial charge on any atom is -0.393 e. The molecule has 1 aliphatic rings. The van der Waals surface area contributed by atoms with Crippen LogP contribution in [0, 0.1) is 0 Å². The predicted octanol–water partition coefficient (Wildman–Crippen LogP) is 2.73. The molecule has 0 aromatic heterocycles. The molecule has 0 amide bonds. The van der Waals surface area contributed by atoms with E-state index in [1.54, 1.807) is 0 Å². The Bertz CT molecular complexity index is 132. The van der Waals surface area contributed by atoms with E-state index in [-0.39, 0.29) is 0 Å². The molecule has 1 rings (SSSR count). The van der Waals surface area contributed by atoms with E-state index in [0.717, 1.165) is 5.71 Å². The average molecular weight is 155 g/mol. The first-order valence-corrected chi connectivity index (χ1v) is 4.46. The summed E-state index contributed by atoms with van der Waals surface area (Å²) >= 11 is 0. The third-order valence-electron chi connectivity index (χ3n) is 1.94. The Morgan fingerprint density at radius 2 is 1.82 bits per heavy atom. The number of oxime groups is 1. The van der Waals surface area contributed by atoms with Crippen molar-refractivity contribution in [1.29, 1.82) is 0 Å². The van der Waals surface area contributed by atoms with Crippen LogP contribution in [-0.4, -0.2) is 11.8 Å². The number of hydrogen-bond donors (Lipinski definition) is 0. The van der Waals surface area contributed by atoms with Gasteiger partial charge in [0.05, 0.1) is 5.71 Å². The van der Waals surface area contributed by atoms with Crippen molar-refractivity contribution in [3.8, 4) is 0 Å². The van der Waals surface area contributed by atoms with E-state index in [2.05, 4.69) is 5.16 Å². The van der Waals surface area contributed by atoms with E-state index in [0.29, 0.717) is 6.10 Å². The Hall–Kier alpha value is -0.530. The second-order valence-corrected chi connectivity index (χ2v) is 3.40. The summed E-state index contributed by atoms with van der Waals surface area (Å²) in [7, 11) is 0. The zero-order chi connectivity index (χ0) is 8.10. The fourth-order valence-electron chi connectivity index (χ4n) is 1.35. The van der Waals surface area contributed by atoms with Crippen molar-refractivity contribution in [2.45, 2.75) is 52.1 Å². The standard InChI is InChI=1S/C9H17NO/c1-8(2)10-11-9-6-4-3-5-7-9/h9H,3-7H2,1-2H3. The van der Waals surface area contributed by atoms with Crippen molar-refractivity contribution in [3.05, 3.63) is 0 Å². The van der Waals surface area contributed by atoms with Crippen LogP contribution in [0.3, 0.4) is 0 Å². The highest BCUT2D eigenvalue weighted by molar-refractivity contribution is 5.78. The van der Waals surface area contributed by atoms with Crippen LogP contribution in [0.2, 0.25) is 0 Å². The molecule has 0 spiro atoms. The Kier molecular flexibility index (Phi) is 3.40. The molecule has 0 unspecified atom stereocenters. The summed E-state index contributed by atoms with van der Waals surface area (Å²) < 4.78 is 0. The molecule has 0 radical (unpaired) electrons. The highest BCUT2D eigenvalue weighted by atomic mass is 16.6. The van der Waals surface area contributed by atoms with Gasteiger partial charge in [-0.25, -0.2) is 0 Å². The van der Waals surface area contributed by atoms with Gasteiger partial charge in [-0.05, 0) is 39.5 Å². The fraction of sp³-hybridized carbons (Fsp3) is 0.889. The molecule has 0 saturated heterocycles. The van der Waals surface area contributed by atoms with Gasteiger partial charge in [-0.1, -0.05) is 11.6 Å². The molecule has 11 heavy (non-hydrogen) atoms. The van der Waals surface area contributed by atoms with E-state index in [4.69, 9.17) is 4.84 Å². The van der Waals surface area contributed by atoms with Crippen LogP contribution < -0.4 is 0 Å². The summed E-state index contributed by atoms with van der Waals surface area (Å²) in [5.41, 5.74) is 1.01. The van der Waals surface area contributed by atoms with Gasteiger partial charge < -0.3 is 4.84 Å². The quantitative estimate of drug-likeness (QED) is 0.444. The fourth-order valence-corrected chi connectivity index (χ4v) is 1.35. The van der Waals surface area contributed by atoms with Crippen LogP contribution >= 0.6 is 0 Å². The molecule has 1 aliphatic carbocycles. The second kappa shape index (κ2) is 4.37. The van der Waals surface area contributed by atoms with Gasteiger partial charge in [-0.3, -0.25) is 0 Å². The second-order valence-electron chi connectivity index (χ2n) is 3.40. The normalized spacial score (nSPS) is 19.5. The molecule has 1 saturated carbocycles. The van der Waals surface area contributed by atoms with Gasteiger partial charge in [-0.2, -0.15) is 0 Å². The smallest absolute Gasteiger partial charge is 0.127 e. The summed E-state index contributed by atoms with van der Waals surface area (Å²) in [5, 5.41) is 3.96. The molecule has 0 N–H and O–H groups in total. The first-order chi connectivity index (χ1) is 5.29. The first kappa shape index (κ1) is 8.57. The average Bonchev–Trinajstić information content (AvgIpc) is 2.03.